The Morgan fingerprint density at radius 1 is 1.33 bits per heavy atom. The van der Waals surface area contributed by atoms with E-state index in [1.165, 1.54) is 6.42 Å². The highest BCUT2D eigenvalue weighted by Gasteiger charge is 2.17. The van der Waals surface area contributed by atoms with Crippen LogP contribution >= 0.6 is 11.6 Å². The fourth-order valence-corrected chi connectivity index (χ4v) is 3.40. The largest absolute Gasteiger partial charge is 0.366 e. The smallest absolute Gasteiger partial charge is 0.151 e. The van der Waals surface area contributed by atoms with Gasteiger partial charge >= 0.3 is 0 Å². The summed E-state index contributed by atoms with van der Waals surface area (Å²) in [7, 11) is 2.03. The molecule has 0 amide bonds. The molecule has 24 heavy (non-hydrogen) atoms. The number of nitrogens with zero attached hydrogens (tertiary/aromatic N) is 3. The maximum absolute atomic E-state index is 6.38. The summed E-state index contributed by atoms with van der Waals surface area (Å²) in [5.74, 6) is 0.955. The van der Waals surface area contributed by atoms with Crippen LogP contribution in [0.15, 0.2) is 36.5 Å². The molecule has 5 nitrogen and oxygen atoms in total. The molecule has 122 valence electrons. The van der Waals surface area contributed by atoms with Crippen LogP contribution < -0.4 is 16.1 Å². The number of hydrogen-bond acceptors (Lipinski definition) is 4. The van der Waals surface area contributed by atoms with Crippen LogP contribution in [0.4, 0.5) is 5.82 Å². The summed E-state index contributed by atoms with van der Waals surface area (Å²) in [5, 5.41) is 12.2. The molecule has 1 fully saturated rings. The quantitative estimate of drug-likeness (QED) is 0.710. The number of fused-ring (bicyclic) bond motifs is 1. The predicted molar refractivity (Wildman–Crippen MR) is 101 cm³/mol. The van der Waals surface area contributed by atoms with Crippen molar-refractivity contribution in [3.8, 4) is 11.3 Å². The molecular formula is C17H19BClN5. The summed E-state index contributed by atoms with van der Waals surface area (Å²) in [4.78, 5) is 4.78. The number of piperidine rings is 1. The van der Waals surface area contributed by atoms with Gasteiger partial charge in [-0.15, -0.1) is 0 Å². The second-order valence-electron chi connectivity index (χ2n) is 6.26. The van der Waals surface area contributed by atoms with Crippen LogP contribution in [0.3, 0.4) is 0 Å². The van der Waals surface area contributed by atoms with Crippen molar-refractivity contribution in [1.29, 1.82) is 0 Å². The Balaban J connectivity index is 1.81. The molecule has 2 N–H and O–H groups in total. The van der Waals surface area contributed by atoms with Gasteiger partial charge in [0.25, 0.3) is 0 Å². The molecule has 1 aromatic carbocycles. The number of halogens is 1. The third-order valence-electron chi connectivity index (χ3n) is 4.45. The van der Waals surface area contributed by atoms with E-state index in [-0.39, 0.29) is 0 Å². The third-order valence-corrected chi connectivity index (χ3v) is 4.78. The van der Waals surface area contributed by atoms with Crippen LogP contribution in [0, 0.1) is 0 Å². The van der Waals surface area contributed by atoms with Gasteiger partial charge in [-0.25, -0.2) is 4.98 Å². The minimum atomic E-state index is 0.396. The Bertz CT molecular complexity index is 873. The molecule has 0 radical (unpaired) electrons. The number of anilines is 1. The van der Waals surface area contributed by atoms with E-state index in [1.807, 2.05) is 48.9 Å². The lowest BCUT2D eigenvalue weighted by Gasteiger charge is -2.25. The Kier molecular flexibility index (Phi) is 4.16. The van der Waals surface area contributed by atoms with Gasteiger partial charge in [0.15, 0.2) is 5.65 Å². The summed E-state index contributed by atoms with van der Waals surface area (Å²) in [6.45, 7) is 2.06. The number of aromatic nitrogens is 3. The summed E-state index contributed by atoms with van der Waals surface area (Å²) in [5.41, 5.74) is 3.71. The molecule has 1 aliphatic rings. The number of rotatable bonds is 3. The van der Waals surface area contributed by atoms with Crippen molar-refractivity contribution in [2.75, 3.05) is 18.4 Å². The van der Waals surface area contributed by atoms with Crippen molar-refractivity contribution < 1.29 is 0 Å². The molecule has 1 atom stereocenters. The highest BCUT2D eigenvalue weighted by molar-refractivity contribution is 6.36. The van der Waals surface area contributed by atoms with Crippen molar-refractivity contribution in [2.24, 2.45) is 0 Å². The zero-order valence-corrected chi connectivity index (χ0v) is 14.3. The monoisotopic (exact) mass is 339 g/mol. The molecule has 1 aliphatic heterocycles. The van der Waals surface area contributed by atoms with Crippen molar-refractivity contribution in [3.63, 3.8) is 0 Å². The van der Waals surface area contributed by atoms with Gasteiger partial charge < -0.3 is 10.6 Å². The fraction of sp³-hybridized carbons (Fsp3) is 0.294. The van der Waals surface area contributed by atoms with E-state index in [0.29, 0.717) is 11.1 Å². The Labute approximate surface area is 146 Å². The maximum Gasteiger partial charge on any atom is 0.151 e. The third kappa shape index (κ3) is 2.87. The molecule has 1 saturated heterocycles. The van der Waals surface area contributed by atoms with Gasteiger partial charge in [-0.1, -0.05) is 29.8 Å². The van der Waals surface area contributed by atoms with Gasteiger partial charge in [-0.3, -0.25) is 0 Å². The van der Waals surface area contributed by atoms with Crippen LogP contribution in [0.5, 0.6) is 0 Å². The van der Waals surface area contributed by atoms with E-state index in [9.17, 15) is 0 Å². The molecule has 0 aliphatic carbocycles. The predicted octanol–water partition coefficient (Wildman–Crippen LogP) is 1.47. The normalized spacial score (nSPS) is 18.0. The number of hydrogen-bond donors (Lipinski definition) is 2. The lowest BCUT2D eigenvalue weighted by molar-refractivity contribution is 0.478. The Morgan fingerprint density at radius 3 is 3.00 bits per heavy atom. The van der Waals surface area contributed by atoms with E-state index in [0.717, 1.165) is 47.7 Å². The van der Waals surface area contributed by atoms with Gasteiger partial charge in [0.2, 0.25) is 0 Å². The zero-order chi connectivity index (χ0) is 16.5. The van der Waals surface area contributed by atoms with E-state index in [1.54, 1.807) is 0 Å². The lowest BCUT2D eigenvalue weighted by Crippen LogP contribution is -2.38. The molecule has 3 aromatic rings. The Hall–Kier alpha value is -2.05. The average molecular weight is 340 g/mol. The topological polar surface area (TPSA) is 54.2 Å². The molecule has 2 aromatic heterocycles. The molecule has 0 spiro atoms. The summed E-state index contributed by atoms with van der Waals surface area (Å²) in [6.07, 6.45) is 4.18. The van der Waals surface area contributed by atoms with E-state index >= 15 is 0 Å². The van der Waals surface area contributed by atoms with Crippen LogP contribution in [-0.4, -0.2) is 41.6 Å². The van der Waals surface area contributed by atoms with Crippen LogP contribution in [0.25, 0.3) is 16.9 Å². The first-order valence-corrected chi connectivity index (χ1v) is 8.68. The first-order chi connectivity index (χ1) is 11.7. The van der Waals surface area contributed by atoms with Gasteiger partial charge in [0.05, 0.1) is 5.69 Å². The second kappa shape index (κ2) is 6.45. The first-order valence-electron chi connectivity index (χ1n) is 8.30. The van der Waals surface area contributed by atoms with E-state index < -0.39 is 0 Å². The standard InChI is InChI=1S/C17H19BClN5/c18-13-10-21-24-16(22-11-4-3-7-20-9-11)8-15(23-17(13)24)12-5-1-2-6-14(12)19/h1-2,5-6,8,10-11,20,22H,3-4,7,9,18H2. The van der Waals surface area contributed by atoms with Gasteiger partial charge in [0, 0.05) is 35.4 Å². The van der Waals surface area contributed by atoms with Crippen LogP contribution in [0.1, 0.15) is 12.8 Å². The molecule has 7 heteroatoms. The van der Waals surface area contributed by atoms with Crippen molar-refractivity contribution in [3.05, 3.63) is 41.6 Å². The van der Waals surface area contributed by atoms with Crippen molar-refractivity contribution in [1.82, 2.24) is 19.9 Å². The van der Waals surface area contributed by atoms with Crippen LogP contribution in [-0.2, 0) is 0 Å². The highest BCUT2D eigenvalue weighted by Crippen LogP contribution is 2.28. The molecular weight excluding hydrogens is 320 g/mol. The van der Waals surface area contributed by atoms with E-state index in [4.69, 9.17) is 16.6 Å². The molecule has 4 rings (SSSR count). The second-order valence-corrected chi connectivity index (χ2v) is 6.66. The molecule has 1 unspecified atom stereocenters. The summed E-state index contributed by atoms with van der Waals surface area (Å²) >= 11 is 6.38. The number of nitrogens with one attached hydrogen (secondary N) is 2. The Morgan fingerprint density at radius 2 is 2.21 bits per heavy atom. The minimum absolute atomic E-state index is 0.396. The molecule has 0 bridgehead atoms. The van der Waals surface area contributed by atoms with Crippen LogP contribution in [0.2, 0.25) is 5.02 Å². The van der Waals surface area contributed by atoms with Gasteiger partial charge in [-0.2, -0.15) is 9.61 Å². The fourth-order valence-electron chi connectivity index (χ4n) is 3.17. The summed E-state index contributed by atoms with van der Waals surface area (Å²) < 4.78 is 1.88. The van der Waals surface area contributed by atoms with Crippen molar-refractivity contribution in [2.45, 2.75) is 18.9 Å². The van der Waals surface area contributed by atoms with Crippen molar-refractivity contribution >= 4 is 36.4 Å². The first kappa shape index (κ1) is 15.5. The van der Waals surface area contributed by atoms with Gasteiger partial charge in [0.1, 0.15) is 13.7 Å². The zero-order valence-electron chi connectivity index (χ0n) is 13.6. The maximum atomic E-state index is 6.38. The lowest BCUT2D eigenvalue weighted by atomic mass is 10.0. The number of benzene rings is 1. The SMILES string of the molecule is Bc1cnn2c(NC3CCCNC3)cc(-c3ccccc3Cl)nc12. The van der Waals surface area contributed by atoms with E-state index in [2.05, 4.69) is 15.7 Å². The molecule has 3 heterocycles. The van der Waals surface area contributed by atoms with Gasteiger partial charge in [-0.05, 0) is 30.9 Å². The average Bonchev–Trinajstić information content (AvgIpc) is 2.98. The summed E-state index contributed by atoms with van der Waals surface area (Å²) in [6, 6.07) is 10.2. The highest BCUT2D eigenvalue weighted by atomic mass is 35.5. The minimum Gasteiger partial charge on any atom is -0.366 e. The molecule has 0 saturated carbocycles.